The zero-order chi connectivity index (χ0) is 24.5. The van der Waals surface area contributed by atoms with Gasteiger partial charge in [-0.05, 0) is 55.3 Å². The maximum atomic E-state index is 12.8. The molecule has 1 heterocycles. The maximum absolute atomic E-state index is 12.8. The van der Waals surface area contributed by atoms with Crippen LogP contribution in [0, 0.1) is 5.92 Å². The summed E-state index contributed by atoms with van der Waals surface area (Å²) < 4.78 is 5.61. The van der Waals surface area contributed by atoms with E-state index in [0.717, 1.165) is 5.75 Å². The molecule has 0 saturated carbocycles. The van der Waals surface area contributed by atoms with Crippen molar-refractivity contribution in [3.05, 3.63) is 90.5 Å². The fourth-order valence-electron chi connectivity index (χ4n) is 4.03. The van der Waals surface area contributed by atoms with E-state index in [1.165, 1.54) is 0 Å². The van der Waals surface area contributed by atoms with Crippen molar-refractivity contribution >= 4 is 29.1 Å². The molecule has 7 nitrogen and oxygen atoms in total. The predicted molar refractivity (Wildman–Crippen MR) is 135 cm³/mol. The van der Waals surface area contributed by atoms with Crippen molar-refractivity contribution < 1.29 is 19.1 Å². The monoisotopic (exact) mass is 471 g/mol. The lowest BCUT2D eigenvalue weighted by Gasteiger charge is -2.31. The summed E-state index contributed by atoms with van der Waals surface area (Å²) in [6.07, 6.45) is 1.54. The van der Waals surface area contributed by atoms with Crippen molar-refractivity contribution in [3.63, 3.8) is 0 Å². The van der Waals surface area contributed by atoms with Crippen LogP contribution >= 0.6 is 0 Å². The third-order valence-electron chi connectivity index (χ3n) is 5.97. The number of nitrogens with zero attached hydrogens (tertiary/aromatic N) is 1. The van der Waals surface area contributed by atoms with Crippen molar-refractivity contribution in [1.82, 2.24) is 4.90 Å². The lowest BCUT2D eigenvalue weighted by Crippen LogP contribution is -2.41. The van der Waals surface area contributed by atoms with Gasteiger partial charge in [0, 0.05) is 35.9 Å². The highest BCUT2D eigenvalue weighted by molar-refractivity contribution is 6.04. The van der Waals surface area contributed by atoms with Gasteiger partial charge in [-0.1, -0.05) is 42.5 Å². The Hall–Kier alpha value is -4.13. The number of carbonyl (C=O) groups excluding carboxylic acids is 3. The van der Waals surface area contributed by atoms with Crippen LogP contribution in [0.25, 0.3) is 0 Å². The molecule has 1 aliphatic rings. The molecule has 1 fully saturated rings. The zero-order valence-corrected chi connectivity index (χ0v) is 19.5. The Kier molecular flexibility index (Phi) is 8.12. The largest absolute Gasteiger partial charge is 0.493 e. The van der Waals surface area contributed by atoms with Crippen molar-refractivity contribution in [1.29, 1.82) is 0 Å². The summed E-state index contributed by atoms with van der Waals surface area (Å²) in [5.74, 6) is 0.347. The fraction of sp³-hybridized carbons (Fsp3) is 0.250. The third-order valence-corrected chi connectivity index (χ3v) is 5.97. The van der Waals surface area contributed by atoms with Gasteiger partial charge in [-0.25, -0.2) is 0 Å². The Bertz CT molecular complexity index is 1140. The number of rotatable bonds is 8. The minimum atomic E-state index is -0.208. The van der Waals surface area contributed by atoms with Crippen LogP contribution in [0.2, 0.25) is 0 Å². The van der Waals surface area contributed by atoms with Gasteiger partial charge in [0.05, 0.1) is 13.0 Å². The molecule has 1 saturated heterocycles. The van der Waals surface area contributed by atoms with E-state index in [1.807, 2.05) is 48.5 Å². The number of anilines is 2. The van der Waals surface area contributed by atoms with E-state index in [1.54, 1.807) is 41.3 Å². The topological polar surface area (TPSA) is 87.7 Å². The molecule has 180 valence electrons. The molecule has 2 N–H and O–H groups in total. The molecule has 0 aromatic heterocycles. The van der Waals surface area contributed by atoms with E-state index >= 15 is 0 Å². The molecule has 3 amide bonds. The minimum absolute atomic E-state index is 0.0432. The molecule has 0 atom stereocenters. The molecule has 1 aliphatic heterocycles. The molecule has 3 aromatic rings. The summed E-state index contributed by atoms with van der Waals surface area (Å²) in [5, 5.41) is 5.80. The maximum Gasteiger partial charge on any atom is 0.255 e. The Morgan fingerprint density at radius 3 is 2.11 bits per heavy atom. The second kappa shape index (κ2) is 11.8. The SMILES string of the molecule is O=C(Nc1cccc(NC(=O)C2CCN(C(=O)CCOc3ccccc3)CC2)c1)c1ccccc1. The van der Waals surface area contributed by atoms with Gasteiger partial charge in [0.15, 0.2) is 0 Å². The van der Waals surface area contributed by atoms with Gasteiger partial charge in [-0.15, -0.1) is 0 Å². The van der Waals surface area contributed by atoms with Gasteiger partial charge < -0.3 is 20.3 Å². The molecule has 0 spiro atoms. The fourth-order valence-corrected chi connectivity index (χ4v) is 4.03. The third kappa shape index (κ3) is 6.93. The summed E-state index contributed by atoms with van der Waals surface area (Å²) >= 11 is 0. The van der Waals surface area contributed by atoms with Crippen LogP contribution in [0.3, 0.4) is 0 Å². The van der Waals surface area contributed by atoms with Gasteiger partial charge in [0.2, 0.25) is 11.8 Å². The molecule has 0 bridgehead atoms. The zero-order valence-electron chi connectivity index (χ0n) is 19.5. The molecule has 0 unspecified atom stereocenters. The first kappa shape index (κ1) is 24.0. The predicted octanol–water partition coefficient (Wildman–Crippen LogP) is 4.59. The molecule has 7 heteroatoms. The number of hydrogen-bond donors (Lipinski definition) is 2. The summed E-state index contributed by atoms with van der Waals surface area (Å²) in [6.45, 7) is 1.44. The van der Waals surface area contributed by atoms with Gasteiger partial charge in [-0.2, -0.15) is 0 Å². The van der Waals surface area contributed by atoms with Crippen molar-refractivity contribution in [2.24, 2.45) is 5.92 Å². The highest BCUT2D eigenvalue weighted by Gasteiger charge is 2.27. The van der Waals surface area contributed by atoms with Crippen LogP contribution in [-0.4, -0.2) is 42.3 Å². The van der Waals surface area contributed by atoms with Gasteiger partial charge in [0.25, 0.3) is 5.91 Å². The molecule has 3 aromatic carbocycles. The average molecular weight is 472 g/mol. The van der Waals surface area contributed by atoms with Gasteiger partial charge >= 0.3 is 0 Å². The average Bonchev–Trinajstić information content (AvgIpc) is 2.90. The first-order valence-corrected chi connectivity index (χ1v) is 11.8. The molecular formula is C28H29N3O4. The Balaban J connectivity index is 1.22. The van der Waals surface area contributed by atoms with Gasteiger partial charge in [-0.3, -0.25) is 14.4 Å². The second-order valence-electron chi connectivity index (χ2n) is 8.46. The van der Waals surface area contributed by atoms with E-state index < -0.39 is 0 Å². The van der Waals surface area contributed by atoms with Gasteiger partial charge in [0.1, 0.15) is 5.75 Å². The van der Waals surface area contributed by atoms with Crippen LogP contribution in [-0.2, 0) is 9.59 Å². The van der Waals surface area contributed by atoms with Crippen molar-refractivity contribution in [2.45, 2.75) is 19.3 Å². The quantitative estimate of drug-likeness (QED) is 0.503. The van der Waals surface area contributed by atoms with E-state index in [0.29, 0.717) is 55.9 Å². The van der Waals surface area contributed by atoms with Crippen LogP contribution in [0.1, 0.15) is 29.6 Å². The highest BCUT2D eigenvalue weighted by atomic mass is 16.5. The molecule has 35 heavy (non-hydrogen) atoms. The van der Waals surface area contributed by atoms with E-state index in [4.69, 9.17) is 4.74 Å². The Morgan fingerprint density at radius 1 is 0.800 bits per heavy atom. The van der Waals surface area contributed by atoms with E-state index in [2.05, 4.69) is 10.6 Å². The molecule has 0 radical (unpaired) electrons. The second-order valence-corrected chi connectivity index (χ2v) is 8.46. The number of para-hydroxylation sites is 1. The molecule has 4 rings (SSSR count). The summed E-state index contributed by atoms with van der Waals surface area (Å²) in [4.78, 5) is 39.5. The number of nitrogens with one attached hydrogen (secondary N) is 2. The summed E-state index contributed by atoms with van der Waals surface area (Å²) in [7, 11) is 0. The molecular weight excluding hydrogens is 442 g/mol. The normalized spacial score (nSPS) is 13.7. The van der Waals surface area contributed by atoms with Crippen LogP contribution in [0.4, 0.5) is 11.4 Å². The van der Waals surface area contributed by atoms with Crippen molar-refractivity contribution in [3.8, 4) is 5.75 Å². The first-order valence-electron chi connectivity index (χ1n) is 11.8. The Labute approximate surface area is 205 Å². The van der Waals surface area contributed by atoms with E-state index in [9.17, 15) is 14.4 Å². The van der Waals surface area contributed by atoms with Crippen LogP contribution in [0.15, 0.2) is 84.9 Å². The number of carbonyl (C=O) groups is 3. The van der Waals surface area contributed by atoms with Crippen LogP contribution in [0.5, 0.6) is 5.75 Å². The highest BCUT2D eigenvalue weighted by Crippen LogP contribution is 2.22. The number of benzene rings is 3. The lowest BCUT2D eigenvalue weighted by atomic mass is 9.95. The smallest absolute Gasteiger partial charge is 0.255 e. The number of ether oxygens (including phenoxy) is 1. The number of hydrogen-bond acceptors (Lipinski definition) is 4. The number of piperidine rings is 1. The summed E-state index contributed by atoms with van der Waals surface area (Å²) in [5.41, 5.74) is 1.79. The molecule has 0 aliphatic carbocycles. The van der Waals surface area contributed by atoms with E-state index in [-0.39, 0.29) is 23.6 Å². The number of amides is 3. The minimum Gasteiger partial charge on any atom is -0.493 e. The lowest BCUT2D eigenvalue weighted by molar-refractivity contribution is -0.135. The first-order chi connectivity index (χ1) is 17.1. The summed E-state index contributed by atoms with van der Waals surface area (Å²) in [6, 6.07) is 25.5. The number of likely N-dealkylation sites (tertiary alicyclic amines) is 1. The Morgan fingerprint density at radius 2 is 1.43 bits per heavy atom. The van der Waals surface area contributed by atoms with Crippen LogP contribution < -0.4 is 15.4 Å². The van der Waals surface area contributed by atoms with Crippen molar-refractivity contribution in [2.75, 3.05) is 30.3 Å². The standard InChI is InChI=1S/C28H29N3O4/c32-26(16-19-35-25-12-5-2-6-13-25)31-17-14-22(15-18-31)28(34)30-24-11-7-10-23(20-24)29-27(33)21-8-3-1-4-9-21/h1-13,20,22H,14-19H2,(H,29,33)(H,30,34).